The minimum atomic E-state index is -0.394. The fourth-order valence-electron chi connectivity index (χ4n) is 2.77. The maximum atomic E-state index is 13.0. The van der Waals surface area contributed by atoms with Crippen LogP contribution in [0.4, 0.5) is 5.69 Å². The molecule has 3 rings (SSSR count). The molecule has 0 atom stereocenters. The molecule has 2 N–H and O–H groups in total. The van der Waals surface area contributed by atoms with Crippen molar-refractivity contribution in [3.8, 4) is 11.5 Å². The molecule has 0 radical (unpaired) electrons. The summed E-state index contributed by atoms with van der Waals surface area (Å²) in [5, 5.41) is 8.15. The summed E-state index contributed by atoms with van der Waals surface area (Å²) in [5.74, 6) is 0.169. The van der Waals surface area contributed by atoms with E-state index in [1.807, 2.05) is 12.1 Å². The van der Waals surface area contributed by atoms with E-state index < -0.39 is 5.91 Å². The summed E-state index contributed by atoms with van der Waals surface area (Å²) in [6.45, 7) is 0. The second kappa shape index (κ2) is 9.94. The average Bonchev–Trinajstić information content (AvgIpc) is 3.31. The van der Waals surface area contributed by atoms with E-state index in [1.54, 1.807) is 49.6 Å². The predicted molar refractivity (Wildman–Crippen MR) is 122 cm³/mol. The Kier molecular flexibility index (Phi) is 7.09. The molecule has 3 aromatic rings. The van der Waals surface area contributed by atoms with E-state index in [9.17, 15) is 9.59 Å². The number of hydrazone groups is 1. The standard InChI is InChI=1S/C22H21BrN4O4/c1-27(25-13-16-5-4-10-24-16)22(29)17-12-15(23)7-8-18(17)26-21(28)14-6-9-19(30-2)20(11-14)31-3/h4-13,24H,1-3H3,(H,26,28). The van der Waals surface area contributed by atoms with Crippen molar-refractivity contribution in [1.82, 2.24) is 9.99 Å². The smallest absolute Gasteiger partial charge is 0.275 e. The molecule has 1 aromatic heterocycles. The van der Waals surface area contributed by atoms with Gasteiger partial charge in [0.1, 0.15) is 0 Å². The monoisotopic (exact) mass is 484 g/mol. The van der Waals surface area contributed by atoms with Crippen LogP contribution in [0.1, 0.15) is 26.4 Å². The number of hydrogen-bond donors (Lipinski definition) is 2. The Bertz CT molecular complexity index is 1110. The predicted octanol–water partition coefficient (Wildman–Crippen LogP) is 4.15. The van der Waals surface area contributed by atoms with E-state index in [-0.39, 0.29) is 11.5 Å². The highest BCUT2D eigenvalue weighted by Gasteiger charge is 2.19. The minimum Gasteiger partial charge on any atom is -0.493 e. The molecule has 0 unspecified atom stereocenters. The number of rotatable bonds is 7. The van der Waals surface area contributed by atoms with Gasteiger partial charge < -0.3 is 19.8 Å². The van der Waals surface area contributed by atoms with Crippen molar-refractivity contribution < 1.29 is 19.1 Å². The van der Waals surface area contributed by atoms with E-state index in [0.717, 1.165) is 5.69 Å². The van der Waals surface area contributed by atoms with Gasteiger partial charge in [0, 0.05) is 23.3 Å². The van der Waals surface area contributed by atoms with Crippen LogP contribution in [0.2, 0.25) is 0 Å². The number of anilines is 1. The number of nitrogens with one attached hydrogen (secondary N) is 2. The number of ether oxygens (including phenoxy) is 2. The number of nitrogens with zero attached hydrogens (tertiary/aromatic N) is 2. The molecule has 160 valence electrons. The van der Waals surface area contributed by atoms with Gasteiger partial charge in [0.2, 0.25) is 0 Å². The molecule has 2 amide bonds. The molecular formula is C22H21BrN4O4. The summed E-state index contributed by atoms with van der Waals surface area (Å²) in [4.78, 5) is 28.8. The Balaban J connectivity index is 1.84. The van der Waals surface area contributed by atoms with E-state index >= 15 is 0 Å². The van der Waals surface area contributed by atoms with Gasteiger partial charge in [-0.15, -0.1) is 0 Å². The van der Waals surface area contributed by atoms with Crippen LogP contribution in [0.25, 0.3) is 0 Å². The summed E-state index contributed by atoms with van der Waals surface area (Å²) in [7, 11) is 4.56. The van der Waals surface area contributed by atoms with Crippen molar-refractivity contribution in [3.63, 3.8) is 0 Å². The first-order chi connectivity index (χ1) is 14.9. The maximum Gasteiger partial charge on any atom is 0.275 e. The Morgan fingerprint density at radius 2 is 1.87 bits per heavy atom. The van der Waals surface area contributed by atoms with Crippen LogP contribution in [0.5, 0.6) is 11.5 Å². The van der Waals surface area contributed by atoms with E-state index in [2.05, 4.69) is 31.3 Å². The number of aromatic amines is 1. The molecule has 0 aliphatic heterocycles. The number of methoxy groups -OCH3 is 2. The number of hydrogen-bond acceptors (Lipinski definition) is 5. The van der Waals surface area contributed by atoms with Crippen LogP contribution < -0.4 is 14.8 Å². The average molecular weight is 485 g/mol. The van der Waals surface area contributed by atoms with Crippen molar-refractivity contribution in [2.75, 3.05) is 26.6 Å². The van der Waals surface area contributed by atoms with Crippen molar-refractivity contribution in [3.05, 3.63) is 76.0 Å². The minimum absolute atomic E-state index is 0.286. The van der Waals surface area contributed by atoms with E-state index in [0.29, 0.717) is 27.2 Å². The van der Waals surface area contributed by atoms with Gasteiger partial charge in [-0.1, -0.05) is 15.9 Å². The van der Waals surface area contributed by atoms with Gasteiger partial charge in [-0.2, -0.15) is 5.10 Å². The van der Waals surface area contributed by atoms with Crippen LogP contribution in [0.15, 0.2) is 64.3 Å². The normalized spacial score (nSPS) is 10.7. The zero-order valence-electron chi connectivity index (χ0n) is 17.2. The van der Waals surface area contributed by atoms with Crippen LogP contribution in [-0.2, 0) is 0 Å². The Morgan fingerprint density at radius 1 is 1.10 bits per heavy atom. The summed E-state index contributed by atoms with van der Waals surface area (Å²) in [5.41, 5.74) is 1.76. The van der Waals surface area contributed by atoms with Crippen molar-refractivity contribution >= 4 is 39.6 Å². The lowest BCUT2D eigenvalue weighted by Crippen LogP contribution is -2.24. The van der Waals surface area contributed by atoms with Gasteiger partial charge in [0.05, 0.1) is 37.4 Å². The van der Waals surface area contributed by atoms with Crippen LogP contribution in [-0.4, -0.2) is 49.3 Å². The number of carbonyl (C=O) groups excluding carboxylic acids is 2. The van der Waals surface area contributed by atoms with Crippen molar-refractivity contribution in [1.29, 1.82) is 0 Å². The summed E-state index contributed by atoms with van der Waals surface area (Å²) in [6, 6.07) is 13.5. The van der Waals surface area contributed by atoms with Crippen molar-refractivity contribution in [2.45, 2.75) is 0 Å². The molecule has 2 aromatic carbocycles. The Hall–Kier alpha value is -3.59. The third-order valence-corrected chi connectivity index (χ3v) is 4.89. The number of H-pyrrole nitrogens is 1. The molecular weight excluding hydrogens is 464 g/mol. The SMILES string of the molecule is COc1ccc(C(=O)Nc2ccc(Br)cc2C(=O)N(C)N=Cc2ccc[nH]2)cc1OC. The molecule has 1 heterocycles. The second-order valence-electron chi connectivity index (χ2n) is 6.41. The topological polar surface area (TPSA) is 96.0 Å². The van der Waals surface area contributed by atoms with Crippen LogP contribution in [0.3, 0.4) is 0 Å². The summed E-state index contributed by atoms with van der Waals surface area (Å²) >= 11 is 3.37. The molecule has 0 saturated heterocycles. The molecule has 9 heteroatoms. The highest BCUT2D eigenvalue weighted by molar-refractivity contribution is 9.10. The van der Waals surface area contributed by atoms with Gasteiger partial charge in [-0.05, 0) is 48.5 Å². The summed E-state index contributed by atoms with van der Waals surface area (Å²) in [6.07, 6.45) is 3.30. The van der Waals surface area contributed by atoms with E-state index in [4.69, 9.17) is 9.47 Å². The highest BCUT2D eigenvalue weighted by atomic mass is 79.9. The number of halogens is 1. The number of aromatic nitrogens is 1. The van der Waals surface area contributed by atoms with Gasteiger partial charge in [-0.25, -0.2) is 5.01 Å². The van der Waals surface area contributed by atoms with Gasteiger partial charge >= 0.3 is 0 Å². The maximum absolute atomic E-state index is 13.0. The first-order valence-electron chi connectivity index (χ1n) is 9.21. The molecule has 8 nitrogen and oxygen atoms in total. The Labute approximate surface area is 188 Å². The molecule has 0 bridgehead atoms. The van der Waals surface area contributed by atoms with Crippen molar-refractivity contribution in [2.24, 2.45) is 5.10 Å². The van der Waals surface area contributed by atoms with Crippen LogP contribution >= 0.6 is 15.9 Å². The third-order valence-electron chi connectivity index (χ3n) is 4.39. The van der Waals surface area contributed by atoms with Gasteiger partial charge in [0.25, 0.3) is 11.8 Å². The number of benzene rings is 2. The van der Waals surface area contributed by atoms with Gasteiger partial charge in [0.15, 0.2) is 11.5 Å². The quantitative estimate of drug-likeness (QED) is 0.388. The fourth-order valence-corrected chi connectivity index (χ4v) is 3.14. The molecule has 0 saturated carbocycles. The lowest BCUT2D eigenvalue weighted by atomic mass is 10.1. The number of amides is 2. The van der Waals surface area contributed by atoms with Crippen LogP contribution in [0, 0.1) is 0 Å². The lowest BCUT2D eigenvalue weighted by Gasteiger charge is -2.16. The van der Waals surface area contributed by atoms with E-state index in [1.165, 1.54) is 25.4 Å². The second-order valence-corrected chi connectivity index (χ2v) is 7.33. The van der Waals surface area contributed by atoms with Gasteiger partial charge in [-0.3, -0.25) is 9.59 Å². The largest absolute Gasteiger partial charge is 0.493 e. The molecule has 0 aliphatic carbocycles. The zero-order chi connectivity index (χ0) is 22.4. The first kappa shape index (κ1) is 22.1. The highest BCUT2D eigenvalue weighted by Crippen LogP contribution is 2.28. The number of carbonyl (C=O) groups is 2. The molecule has 0 fully saturated rings. The molecule has 31 heavy (non-hydrogen) atoms. The first-order valence-corrected chi connectivity index (χ1v) is 10.0. The zero-order valence-corrected chi connectivity index (χ0v) is 18.8. The lowest BCUT2D eigenvalue weighted by molar-refractivity contribution is 0.0801. The molecule has 0 aliphatic rings. The fraction of sp³-hybridized carbons (Fsp3) is 0.136. The third kappa shape index (κ3) is 5.32. The summed E-state index contributed by atoms with van der Waals surface area (Å²) < 4.78 is 11.2. The Morgan fingerprint density at radius 3 is 2.55 bits per heavy atom. The molecule has 0 spiro atoms.